The minimum Gasteiger partial charge on any atom is -1.00 e. The molecule has 1 aliphatic heterocycles. The van der Waals surface area contributed by atoms with Crippen molar-refractivity contribution in [3.63, 3.8) is 0 Å². The Morgan fingerprint density at radius 2 is 1.39 bits per heavy atom. The Labute approximate surface area is 269 Å². The Kier molecular flexibility index (Phi) is 18.4. The average molecular weight is 676 g/mol. The topological polar surface area (TPSA) is 21.5 Å². The molecule has 3 nitrogen and oxygen atoms in total. The van der Waals surface area contributed by atoms with Crippen LogP contribution in [0.25, 0.3) is 0 Å². The second-order valence-corrected chi connectivity index (χ2v) is 11.9. The van der Waals surface area contributed by atoms with Gasteiger partial charge < -0.3 is 33.5 Å². The summed E-state index contributed by atoms with van der Waals surface area (Å²) in [6.07, 6.45) is 22.1. The zero-order valence-electron chi connectivity index (χ0n) is 26.7. The van der Waals surface area contributed by atoms with Crippen molar-refractivity contribution in [3.05, 3.63) is 58.7 Å². The van der Waals surface area contributed by atoms with E-state index in [1.165, 1.54) is 118 Å². The number of nitrogens with zero attached hydrogens (tertiary/aromatic N) is 1. The van der Waals surface area contributed by atoms with E-state index in [2.05, 4.69) is 61.7 Å². The van der Waals surface area contributed by atoms with E-state index >= 15 is 0 Å². The van der Waals surface area contributed by atoms with Crippen molar-refractivity contribution in [3.8, 4) is 11.5 Å². The molecule has 0 amide bonds. The molecule has 0 N–H and O–H groups in total. The maximum Gasteiger partial charge on any atom is 0.184 e. The van der Waals surface area contributed by atoms with Crippen molar-refractivity contribution in [1.82, 2.24) is 0 Å². The molecule has 0 saturated heterocycles. The van der Waals surface area contributed by atoms with Crippen molar-refractivity contribution >= 4 is 5.71 Å². The first-order valence-electron chi connectivity index (χ1n) is 16.7. The van der Waals surface area contributed by atoms with Gasteiger partial charge >= 0.3 is 0 Å². The number of aryl methyl sites for hydroxylation is 1. The summed E-state index contributed by atoms with van der Waals surface area (Å²) >= 11 is 0. The van der Waals surface area contributed by atoms with Gasteiger partial charge in [0.15, 0.2) is 23.8 Å². The summed E-state index contributed by atoms with van der Waals surface area (Å²) in [7, 11) is 1.78. The van der Waals surface area contributed by atoms with Crippen LogP contribution in [0, 0.1) is 6.92 Å². The van der Waals surface area contributed by atoms with E-state index in [4.69, 9.17) is 9.47 Å². The van der Waals surface area contributed by atoms with Crippen molar-refractivity contribution < 1.29 is 38.0 Å². The van der Waals surface area contributed by atoms with E-state index in [1.807, 2.05) is 0 Å². The molecule has 1 heterocycles. The Bertz CT molecular complexity index is 1030. The molecule has 2 aromatic rings. The van der Waals surface area contributed by atoms with Crippen molar-refractivity contribution in [2.75, 3.05) is 20.3 Å². The lowest BCUT2D eigenvalue weighted by molar-refractivity contribution is -0.545. The normalized spacial score (nSPS) is 12.7. The van der Waals surface area contributed by atoms with E-state index in [1.54, 1.807) is 7.11 Å². The summed E-state index contributed by atoms with van der Waals surface area (Å²) in [5.74, 6) is 1.88. The van der Waals surface area contributed by atoms with Crippen molar-refractivity contribution in [2.24, 2.45) is 0 Å². The van der Waals surface area contributed by atoms with E-state index in [0.717, 1.165) is 50.5 Å². The maximum absolute atomic E-state index is 6.49. The highest BCUT2D eigenvalue weighted by molar-refractivity contribution is 5.99. The largest absolute Gasteiger partial charge is 1.00 e. The second-order valence-electron chi connectivity index (χ2n) is 11.9. The van der Waals surface area contributed by atoms with Crippen LogP contribution in [0.2, 0.25) is 0 Å². The van der Waals surface area contributed by atoms with Gasteiger partial charge in [0, 0.05) is 29.5 Å². The van der Waals surface area contributed by atoms with Crippen LogP contribution in [-0.4, -0.2) is 30.5 Å². The van der Waals surface area contributed by atoms with Gasteiger partial charge in [-0.05, 0) is 38.0 Å². The van der Waals surface area contributed by atoms with Crippen LogP contribution in [0.1, 0.15) is 139 Å². The highest BCUT2D eigenvalue weighted by Crippen LogP contribution is 2.37. The van der Waals surface area contributed by atoms with Gasteiger partial charge in [-0.3, -0.25) is 0 Å². The summed E-state index contributed by atoms with van der Waals surface area (Å²) in [4.78, 5) is 0. The highest BCUT2D eigenvalue weighted by atomic mass is 127. The molecule has 41 heavy (non-hydrogen) atoms. The summed E-state index contributed by atoms with van der Waals surface area (Å²) in [6.45, 7) is 9.56. The lowest BCUT2D eigenvalue weighted by Gasteiger charge is -2.23. The van der Waals surface area contributed by atoms with Gasteiger partial charge in [0.1, 0.15) is 6.54 Å². The molecule has 1 aliphatic rings. The summed E-state index contributed by atoms with van der Waals surface area (Å²) in [5, 5.41) is 0. The molecular weight excluding hydrogens is 617 g/mol. The van der Waals surface area contributed by atoms with Crippen LogP contribution in [0.5, 0.6) is 11.5 Å². The van der Waals surface area contributed by atoms with Gasteiger partial charge in [-0.25, -0.2) is 4.58 Å². The Morgan fingerprint density at radius 1 is 0.756 bits per heavy atom. The Morgan fingerprint density at radius 3 is 2.02 bits per heavy atom. The highest BCUT2D eigenvalue weighted by Gasteiger charge is 2.29. The monoisotopic (exact) mass is 675 g/mol. The number of hydrogen-bond donors (Lipinski definition) is 0. The van der Waals surface area contributed by atoms with Gasteiger partial charge in [0.05, 0.1) is 13.7 Å². The molecule has 0 saturated carbocycles. The molecule has 0 aromatic heterocycles. The van der Waals surface area contributed by atoms with Crippen LogP contribution in [0.15, 0.2) is 36.4 Å². The van der Waals surface area contributed by atoms with Crippen molar-refractivity contribution in [2.45, 2.75) is 136 Å². The lowest BCUT2D eigenvalue weighted by atomic mass is 9.91. The smallest absolute Gasteiger partial charge is 0.184 e. The number of ether oxygens (including phenoxy) is 2. The minimum atomic E-state index is 0. The van der Waals surface area contributed by atoms with Gasteiger partial charge in [-0.1, -0.05) is 121 Å². The number of methoxy groups -OCH3 is 1. The number of hydrogen-bond acceptors (Lipinski definition) is 2. The Hall–Kier alpha value is -1.56. The van der Waals surface area contributed by atoms with Crippen LogP contribution in [-0.2, 0) is 13.0 Å². The van der Waals surface area contributed by atoms with Crippen LogP contribution >= 0.6 is 0 Å². The summed E-state index contributed by atoms with van der Waals surface area (Å²) in [5.41, 5.74) is 6.98. The molecule has 0 aliphatic carbocycles. The predicted octanol–water partition coefficient (Wildman–Crippen LogP) is 7.23. The molecule has 0 atom stereocenters. The van der Waals surface area contributed by atoms with Gasteiger partial charge in [-0.2, -0.15) is 0 Å². The van der Waals surface area contributed by atoms with E-state index in [0.29, 0.717) is 0 Å². The van der Waals surface area contributed by atoms with Gasteiger partial charge in [0.2, 0.25) is 0 Å². The quantitative estimate of drug-likeness (QED) is 0.0792. The molecule has 230 valence electrons. The van der Waals surface area contributed by atoms with Crippen molar-refractivity contribution in [1.29, 1.82) is 0 Å². The fraction of sp³-hybridized carbons (Fsp3) is 0.649. The zero-order chi connectivity index (χ0) is 28.4. The minimum absolute atomic E-state index is 0. The van der Waals surface area contributed by atoms with Crippen LogP contribution in [0.3, 0.4) is 0 Å². The number of unbranched alkanes of at least 4 members (excludes halogenated alkanes) is 13. The van der Waals surface area contributed by atoms with Gasteiger partial charge in [0.25, 0.3) is 0 Å². The second kappa shape index (κ2) is 21.2. The first-order valence-corrected chi connectivity index (χ1v) is 16.7. The summed E-state index contributed by atoms with van der Waals surface area (Å²) < 4.78 is 14.9. The van der Waals surface area contributed by atoms with E-state index in [-0.39, 0.29) is 24.0 Å². The molecule has 4 heteroatoms. The molecule has 0 fully saturated rings. The standard InChI is InChI=1S/C37H58NO2.HI/c1-5-7-9-11-13-14-15-16-18-23-35-33-24-25-36(39-4)37(40-28-19-17-12-10-8-6-2)34(33)26-27-38(35)30-32-22-20-21-31(3)29-32;/h20-22,24-25,29H,5-19,23,26-28,30H2,1-4H3;1H/q+1;/p-1. The van der Waals surface area contributed by atoms with Crippen LogP contribution in [0.4, 0.5) is 0 Å². The molecule has 0 bridgehead atoms. The molecule has 0 radical (unpaired) electrons. The van der Waals surface area contributed by atoms with E-state index in [9.17, 15) is 0 Å². The van der Waals surface area contributed by atoms with Gasteiger partial charge in [-0.15, -0.1) is 0 Å². The first kappa shape index (κ1) is 35.6. The summed E-state index contributed by atoms with van der Waals surface area (Å²) in [6, 6.07) is 13.5. The third kappa shape index (κ3) is 12.3. The Balaban J connectivity index is 0.00000588. The fourth-order valence-corrected chi connectivity index (χ4v) is 6.15. The van der Waals surface area contributed by atoms with Crippen LogP contribution < -0.4 is 33.5 Å². The SMILES string of the molecule is CCCCCCCCCCCC1=[N+](Cc2cccc(C)c2)CCc2c1ccc(OC)c2OCCCCCCCC.[I-]. The molecular formula is C37H58INO2. The lowest BCUT2D eigenvalue weighted by Crippen LogP contribution is -3.00. The van der Waals surface area contributed by atoms with E-state index < -0.39 is 0 Å². The maximum atomic E-state index is 6.49. The molecule has 3 rings (SSSR count). The fourth-order valence-electron chi connectivity index (χ4n) is 6.15. The number of halogens is 1. The number of fused-ring (bicyclic) bond motifs is 1. The molecule has 0 spiro atoms. The molecule has 0 unspecified atom stereocenters. The number of rotatable bonds is 21. The molecule has 2 aromatic carbocycles. The third-order valence-corrected chi connectivity index (χ3v) is 8.49. The average Bonchev–Trinajstić information content (AvgIpc) is 2.96. The number of benzene rings is 2. The zero-order valence-corrected chi connectivity index (χ0v) is 28.9. The predicted molar refractivity (Wildman–Crippen MR) is 172 cm³/mol. The third-order valence-electron chi connectivity index (χ3n) is 8.49. The first-order chi connectivity index (χ1) is 19.7.